The van der Waals surface area contributed by atoms with E-state index >= 15 is 0 Å². The predicted molar refractivity (Wildman–Crippen MR) is 84.2 cm³/mol. The second-order valence-corrected chi connectivity index (χ2v) is 7.64. The molecular formula is C15H10N2O4S2. The molecule has 0 atom stereocenters. The van der Waals surface area contributed by atoms with Gasteiger partial charge < -0.3 is 5.11 Å². The number of carbonyl (C=O) groups is 1. The molecule has 0 saturated heterocycles. The largest absolute Gasteiger partial charge is 0.477 e. The summed E-state index contributed by atoms with van der Waals surface area (Å²) in [6, 6.07) is 11.3. The minimum Gasteiger partial charge on any atom is -0.477 e. The molecule has 0 bridgehead atoms. The number of aromatic nitrogens is 2. The third-order valence-corrected chi connectivity index (χ3v) is 6.23. The SMILES string of the molecule is O=C(O)c1sc(S(=O)(=O)c2ccncc2)nc1-c1ccccc1. The number of hydrogen-bond donors (Lipinski definition) is 1. The first-order valence-corrected chi connectivity index (χ1v) is 8.75. The second kappa shape index (κ2) is 5.90. The summed E-state index contributed by atoms with van der Waals surface area (Å²) < 4.78 is 24.9. The van der Waals surface area contributed by atoms with Gasteiger partial charge in [-0.15, -0.1) is 0 Å². The van der Waals surface area contributed by atoms with Crippen LogP contribution in [-0.2, 0) is 9.84 Å². The number of thiazole rings is 1. The lowest BCUT2D eigenvalue weighted by Gasteiger charge is -1.99. The zero-order valence-corrected chi connectivity index (χ0v) is 13.2. The average Bonchev–Trinajstić information content (AvgIpc) is 3.03. The lowest BCUT2D eigenvalue weighted by molar-refractivity contribution is 0.0702. The van der Waals surface area contributed by atoms with Crippen LogP contribution >= 0.6 is 11.3 Å². The lowest BCUT2D eigenvalue weighted by atomic mass is 10.1. The molecule has 1 aromatic carbocycles. The minimum atomic E-state index is -3.88. The van der Waals surface area contributed by atoms with Crippen LogP contribution in [-0.4, -0.2) is 29.5 Å². The van der Waals surface area contributed by atoms with Crippen molar-refractivity contribution in [1.82, 2.24) is 9.97 Å². The number of nitrogens with zero attached hydrogens (tertiary/aromatic N) is 2. The van der Waals surface area contributed by atoms with Gasteiger partial charge in [-0.2, -0.15) is 0 Å². The van der Waals surface area contributed by atoms with Gasteiger partial charge in [0.2, 0.25) is 14.2 Å². The van der Waals surface area contributed by atoms with Crippen LogP contribution in [0.3, 0.4) is 0 Å². The van der Waals surface area contributed by atoms with Crippen LogP contribution in [0.4, 0.5) is 0 Å². The van der Waals surface area contributed by atoms with E-state index in [1.54, 1.807) is 30.3 Å². The van der Waals surface area contributed by atoms with Crippen molar-refractivity contribution in [1.29, 1.82) is 0 Å². The summed E-state index contributed by atoms with van der Waals surface area (Å²) in [6.45, 7) is 0. The number of rotatable bonds is 4. The molecule has 2 aromatic heterocycles. The molecule has 8 heteroatoms. The van der Waals surface area contributed by atoms with Gasteiger partial charge in [0.15, 0.2) is 0 Å². The summed E-state index contributed by atoms with van der Waals surface area (Å²) in [4.78, 5) is 19.2. The highest BCUT2D eigenvalue weighted by molar-refractivity contribution is 7.93. The fourth-order valence-electron chi connectivity index (χ4n) is 1.97. The van der Waals surface area contributed by atoms with Gasteiger partial charge in [0.05, 0.1) is 10.6 Å². The average molecular weight is 346 g/mol. The van der Waals surface area contributed by atoms with Crippen molar-refractivity contribution < 1.29 is 18.3 Å². The molecular weight excluding hydrogens is 336 g/mol. The van der Waals surface area contributed by atoms with E-state index in [0.717, 1.165) is 0 Å². The Kier molecular flexibility index (Phi) is 3.93. The molecule has 6 nitrogen and oxygen atoms in total. The Bertz CT molecular complexity index is 952. The molecule has 0 amide bonds. The Morgan fingerprint density at radius 2 is 1.70 bits per heavy atom. The molecule has 3 rings (SSSR count). The van der Waals surface area contributed by atoms with Crippen LogP contribution < -0.4 is 0 Å². The summed E-state index contributed by atoms with van der Waals surface area (Å²) in [5, 5.41) is 9.34. The molecule has 0 radical (unpaired) electrons. The Balaban J connectivity index is 2.18. The zero-order valence-electron chi connectivity index (χ0n) is 11.6. The maximum atomic E-state index is 12.6. The quantitative estimate of drug-likeness (QED) is 0.780. The van der Waals surface area contributed by atoms with E-state index in [1.165, 1.54) is 24.5 Å². The van der Waals surface area contributed by atoms with Gasteiger partial charge in [-0.25, -0.2) is 18.2 Å². The lowest BCUT2D eigenvalue weighted by Crippen LogP contribution is -2.01. The molecule has 1 N–H and O–H groups in total. The Labute approximate surface area is 136 Å². The summed E-state index contributed by atoms with van der Waals surface area (Å²) in [6.07, 6.45) is 2.72. The molecule has 2 heterocycles. The predicted octanol–water partition coefficient (Wildman–Crippen LogP) is 2.74. The van der Waals surface area contributed by atoms with E-state index < -0.39 is 15.8 Å². The van der Waals surface area contributed by atoms with Gasteiger partial charge in [-0.1, -0.05) is 41.7 Å². The first-order chi connectivity index (χ1) is 11.0. The number of sulfone groups is 1. The van der Waals surface area contributed by atoms with Crippen LogP contribution in [0.15, 0.2) is 64.1 Å². The van der Waals surface area contributed by atoms with Gasteiger partial charge in [-0.3, -0.25) is 4.98 Å². The molecule has 0 unspecified atom stereocenters. The van der Waals surface area contributed by atoms with Crippen molar-refractivity contribution in [2.24, 2.45) is 0 Å². The van der Waals surface area contributed by atoms with E-state index in [4.69, 9.17) is 0 Å². The van der Waals surface area contributed by atoms with E-state index in [1.807, 2.05) is 0 Å². The number of hydrogen-bond acceptors (Lipinski definition) is 6. The summed E-state index contributed by atoms with van der Waals surface area (Å²) >= 11 is 0.645. The number of aromatic carboxylic acids is 1. The maximum Gasteiger partial charge on any atom is 0.348 e. The maximum absolute atomic E-state index is 12.6. The molecule has 0 saturated carbocycles. The Morgan fingerprint density at radius 3 is 2.30 bits per heavy atom. The van der Waals surface area contributed by atoms with Gasteiger partial charge >= 0.3 is 5.97 Å². The van der Waals surface area contributed by atoms with E-state index in [-0.39, 0.29) is 19.8 Å². The molecule has 0 fully saturated rings. The van der Waals surface area contributed by atoms with E-state index in [2.05, 4.69) is 9.97 Å². The number of pyridine rings is 1. The second-order valence-electron chi connectivity index (χ2n) is 4.52. The van der Waals surface area contributed by atoms with E-state index in [9.17, 15) is 18.3 Å². The van der Waals surface area contributed by atoms with Crippen molar-refractivity contribution in [3.63, 3.8) is 0 Å². The molecule has 0 spiro atoms. The van der Waals surface area contributed by atoms with Crippen LogP contribution in [0.25, 0.3) is 11.3 Å². The van der Waals surface area contributed by atoms with Crippen LogP contribution in [0.1, 0.15) is 9.67 Å². The summed E-state index contributed by atoms with van der Waals surface area (Å²) in [5.41, 5.74) is 0.702. The van der Waals surface area contributed by atoms with Gasteiger partial charge in [0, 0.05) is 18.0 Å². The number of carboxylic acid groups (broad SMARTS) is 1. The van der Waals surface area contributed by atoms with Gasteiger partial charge in [0.25, 0.3) is 0 Å². The molecule has 0 aliphatic carbocycles. The minimum absolute atomic E-state index is 0.0257. The standard InChI is InChI=1S/C15H10N2O4S2/c18-14(19)13-12(10-4-2-1-3-5-10)17-15(22-13)23(20,21)11-6-8-16-9-7-11/h1-9H,(H,18,19). The highest BCUT2D eigenvalue weighted by atomic mass is 32.2. The number of carboxylic acids is 1. The highest BCUT2D eigenvalue weighted by Gasteiger charge is 2.27. The Hall–Kier alpha value is -2.58. The van der Waals surface area contributed by atoms with Crippen molar-refractivity contribution in [3.05, 3.63) is 59.7 Å². The topological polar surface area (TPSA) is 97.2 Å². The molecule has 0 aliphatic rings. The molecule has 3 aromatic rings. The van der Waals surface area contributed by atoms with Crippen LogP contribution in [0, 0.1) is 0 Å². The van der Waals surface area contributed by atoms with Crippen molar-refractivity contribution in [2.45, 2.75) is 9.24 Å². The van der Waals surface area contributed by atoms with Crippen molar-refractivity contribution in [2.75, 3.05) is 0 Å². The third kappa shape index (κ3) is 2.86. The normalized spacial score (nSPS) is 11.3. The fraction of sp³-hybridized carbons (Fsp3) is 0. The first-order valence-electron chi connectivity index (χ1n) is 6.45. The molecule has 116 valence electrons. The molecule has 0 aliphatic heterocycles. The smallest absolute Gasteiger partial charge is 0.348 e. The summed E-state index contributed by atoms with van der Waals surface area (Å²) in [7, 11) is -3.88. The Morgan fingerprint density at radius 1 is 1.04 bits per heavy atom. The summed E-state index contributed by atoms with van der Waals surface area (Å²) in [5.74, 6) is -1.21. The monoisotopic (exact) mass is 346 g/mol. The van der Waals surface area contributed by atoms with Gasteiger partial charge in [0.1, 0.15) is 4.88 Å². The third-order valence-electron chi connectivity index (χ3n) is 3.04. The molecule has 23 heavy (non-hydrogen) atoms. The van der Waals surface area contributed by atoms with Crippen molar-refractivity contribution in [3.8, 4) is 11.3 Å². The fourth-order valence-corrected chi connectivity index (χ4v) is 4.50. The van der Waals surface area contributed by atoms with Crippen LogP contribution in [0.2, 0.25) is 0 Å². The zero-order chi connectivity index (χ0) is 16.4. The number of benzene rings is 1. The van der Waals surface area contributed by atoms with Crippen molar-refractivity contribution >= 4 is 27.1 Å². The van der Waals surface area contributed by atoms with Gasteiger partial charge in [-0.05, 0) is 12.1 Å². The van der Waals surface area contributed by atoms with Crippen LogP contribution in [0.5, 0.6) is 0 Å². The van der Waals surface area contributed by atoms with E-state index in [0.29, 0.717) is 16.9 Å². The highest BCUT2D eigenvalue weighted by Crippen LogP contribution is 2.33. The first kappa shape index (κ1) is 15.3.